The number of hydrogen-bond acceptors (Lipinski definition) is 3. The maximum atomic E-state index is 11.4. The second-order valence-corrected chi connectivity index (χ2v) is 11.7. The van der Waals surface area contributed by atoms with Crippen LogP contribution in [-0.4, -0.2) is 35.2 Å². The Morgan fingerprint density at radius 3 is 2.48 bits per heavy atom. The molecule has 2 aromatic rings. The highest BCUT2D eigenvalue weighted by Crippen LogP contribution is 2.39. The standard InChI is InChI=1S/C29H39NO3/c1-29(2)12-10-26(11-13-29)33-27-9-8-22-14-20(6-7-23(22)16-27)17-30-18-25(19-30)21-4-3-5-24(15-21)28(31)32/h6-9,14,16,21,24-26H,3-5,10-13,15,17-19H2,1-2H3,(H,31,32)/t21-,24-/m0/s1. The summed E-state index contributed by atoms with van der Waals surface area (Å²) < 4.78 is 6.32. The predicted molar refractivity (Wildman–Crippen MR) is 132 cm³/mol. The molecule has 1 saturated heterocycles. The van der Waals surface area contributed by atoms with E-state index in [4.69, 9.17) is 4.74 Å². The van der Waals surface area contributed by atoms with E-state index >= 15 is 0 Å². The average molecular weight is 450 g/mol. The zero-order chi connectivity index (χ0) is 23.0. The molecule has 1 N–H and O–H groups in total. The van der Waals surface area contributed by atoms with Gasteiger partial charge in [0.05, 0.1) is 12.0 Å². The van der Waals surface area contributed by atoms with Gasteiger partial charge in [0.25, 0.3) is 0 Å². The molecule has 2 aromatic carbocycles. The molecule has 0 radical (unpaired) electrons. The molecule has 3 aliphatic rings. The number of likely N-dealkylation sites (tertiary alicyclic amines) is 1. The summed E-state index contributed by atoms with van der Waals surface area (Å²) in [6.07, 6.45) is 9.17. The van der Waals surface area contributed by atoms with Crippen LogP contribution in [0.25, 0.3) is 10.8 Å². The zero-order valence-electron chi connectivity index (χ0n) is 20.3. The molecule has 4 nitrogen and oxygen atoms in total. The molecule has 0 amide bonds. The van der Waals surface area contributed by atoms with Gasteiger partial charge in [-0.05, 0) is 90.3 Å². The molecule has 3 fully saturated rings. The fourth-order valence-corrected chi connectivity index (χ4v) is 6.30. The smallest absolute Gasteiger partial charge is 0.306 e. The number of rotatable bonds is 6. The van der Waals surface area contributed by atoms with Gasteiger partial charge in [-0.2, -0.15) is 0 Å². The summed E-state index contributed by atoms with van der Waals surface area (Å²) in [5.41, 5.74) is 1.82. The molecule has 4 heteroatoms. The number of fused-ring (bicyclic) bond motifs is 1. The number of ether oxygens (including phenoxy) is 1. The van der Waals surface area contributed by atoms with E-state index in [-0.39, 0.29) is 5.92 Å². The van der Waals surface area contributed by atoms with E-state index in [0.29, 0.717) is 23.4 Å². The van der Waals surface area contributed by atoms with Crippen LogP contribution in [0, 0.1) is 23.2 Å². The van der Waals surface area contributed by atoms with Crippen molar-refractivity contribution in [2.45, 2.75) is 77.9 Å². The molecule has 0 aromatic heterocycles. The van der Waals surface area contributed by atoms with Crippen molar-refractivity contribution in [2.75, 3.05) is 13.1 Å². The summed E-state index contributed by atoms with van der Waals surface area (Å²) in [4.78, 5) is 13.9. The van der Waals surface area contributed by atoms with Crippen molar-refractivity contribution >= 4 is 16.7 Å². The first kappa shape index (κ1) is 22.7. The average Bonchev–Trinajstić information content (AvgIpc) is 2.77. The van der Waals surface area contributed by atoms with E-state index in [1.54, 1.807) is 0 Å². The van der Waals surface area contributed by atoms with Crippen LogP contribution in [0.5, 0.6) is 5.75 Å². The van der Waals surface area contributed by atoms with Gasteiger partial charge in [-0.3, -0.25) is 9.69 Å². The van der Waals surface area contributed by atoms with Gasteiger partial charge in [0.1, 0.15) is 5.75 Å². The Morgan fingerprint density at radius 1 is 1.00 bits per heavy atom. The van der Waals surface area contributed by atoms with Crippen molar-refractivity contribution in [3.05, 3.63) is 42.0 Å². The van der Waals surface area contributed by atoms with Crippen LogP contribution in [0.15, 0.2) is 36.4 Å². The molecule has 33 heavy (non-hydrogen) atoms. The van der Waals surface area contributed by atoms with Gasteiger partial charge < -0.3 is 9.84 Å². The minimum Gasteiger partial charge on any atom is -0.490 e. The van der Waals surface area contributed by atoms with E-state index in [0.717, 1.165) is 57.5 Å². The lowest BCUT2D eigenvalue weighted by atomic mass is 9.72. The third-order valence-electron chi connectivity index (χ3n) is 8.59. The van der Waals surface area contributed by atoms with Crippen LogP contribution in [0.4, 0.5) is 0 Å². The van der Waals surface area contributed by atoms with Gasteiger partial charge in [-0.25, -0.2) is 0 Å². The lowest BCUT2D eigenvalue weighted by Crippen LogP contribution is -2.50. The van der Waals surface area contributed by atoms with Gasteiger partial charge >= 0.3 is 5.97 Å². The molecule has 1 aliphatic heterocycles. The monoisotopic (exact) mass is 449 g/mol. The molecule has 0 unspecified atom stereocenters. The molecule has 0 spiro atoms. The van der Waals surface area contributed by atoms with Crippen molar-refractivity contribution < 1.29 is 14.6 Å². The topological polar surface area (TPSA) is 49.8 Å². The summed E-state index contributed by atoms with van der Waals surface area (Å²) in [7, 11) is 0. The normalized spacial score (nSPS) is 26.7. The molecule has 2 atom stereocenters. The second kappa shape index (κ2) is 9.29. The van der Waals surface area contributed by atoms with E-state index in [2.05, 4.69) is 55.1 Å². The van der Waals surface area contributed by atoms with Crippen LogP contribution in [0.1, 0.15) is 70.8 Å². The van der Waals surface area contributed by atoms with E-state index in [1.807, 2.05) is 0 Å². The van der Waals surface area contributed by atoms with Crippen molar-refractivity contribution in [1.29, 1.82) is 0 Å². The molecular formula is C29H39NO3. The van der Waals surface area contributed by atoms with Crippen LogP contribution in [0.2, 0.25) is 0 Å². The Kier molecular flexibility index (Phi) is 6.39. The molecule has 1 heterocycles. The van der Waals surface area contributed by atoms with Crippen molar-refractivity contribution in [3.8, 4) is 5.75 Å². The third kappa shape index (κ3) is 5.37. The van der Waals surface area contributed by atoms with Gasteiger partial charge in [-0.15, -0.1) is 0 Å². The summed E-state index contributed by atoms with van der Waals surface area (Å²) in [5, 5.41) is 11.9. The van der Waals surface area contributed by atoms with Crippen molar-refractivity contribution in [2.24, 2.45) is 23.2 Å². The van der Waals surface area contributed by atoms with Crippen LogP contribution in [0.3, 0.4) is 0 Å². The summed E-state index contributed by atoms with van der Waals surface area (Å²) >= 11 is 0. The van der Waals surface area contributed by atoms with Gasteiger partial charge in [-0.1, -0.05) is 44.9 Å². The van der Waals surface area contributed by atoms with E-state index in [1.165, 1.54) is 35.6 Å². The minimum absolute atomic E-state index is 0.114. The Bertz CT molecular complexity index is 984. The zero-order valence-corrected chi connectivity index (χ0v) is 20.3. The van der Waals surface area contributed by atoms with Crippen LogP contribution >= 0.6 is 0 Å². The van der Waals surface area contributed by atoms with Gasteiger partial charge in [0.2, 0.25) is 0 Å². The maximum absolute atomic E-state index is 11.4. The summed E-state index contributed by atoms with van der Waals surface area (Å²) in [5.74, 6) is 1.57. The van der Waals surface area contributed by atoms with Crippen LogP contribution in [-0.2, 0) is 11.3 Å². The molecule has 5 rings (SSSR count). The number of carbonyl (C=O) groups is 1. The number of hydrogen-bond donors (Lipinski definition) is 1. The van der Waals surface area contributed by atoms with E-state index in [9.17, 15) is 9.90 Å². The van der Waals surface area contributed by atoms with E-state index < -0.39 is 5.97 Å². The number of benzene rings is 2. The summed E-state index contributed by atoms with van der Waals surface area (Å²) in [6, 6.07) is 13.3. The first-order valence-electron chi connectivity index (χ1n) is 13.0. The first-order valence-corrected chi connectivity index (χ1v) is 13.0. The largest absolute Gasteiger partial charge is 0.490 e. The Balaban J connectivity index is 1.14. The fraction of sp³-hybridized carbons (Fsp3) is 0.621. The predicted octanol–water partition coefficient (Wildman–Crippen LogP) is 6.51. The number of nitrogens with zero attached hydrogens (tertiary/aromatic N) is 1. The van der Waals surface area contributed by atoms with Crippen molar-refractivity contribution in [3.63, 3.8) is 0 Å². The Hall–Kier alpha value is -2.07. The minimum atomic E-state index is -0.594. The third-order valence-corrected chi connectivity index (χ3v) is 8.59. The molecular weight excluding hydrogens is 410 g/mol. The number of carboxylic acid groups (broad SMARTS) is 1. The highest BCUT2D eigenvalue weighted by Gasteiger charge is 2.37. The van der Waals surface area contributed by atoms with Crippen molar-refractivity contribution in [1.82, 2.24) is 4.90 Å². The molecule has 2 saturated carbocycles. The highest BCUT2D eigenvalue weighted by atomic mass is 16.5. The Morgan fingerprint density at radius 2 is 1.73 bits per heavy atom. The maximum Gasteiger partial charge on any atom is 0.306 e. The van der Waals surface area contributed by atoms with Crippen LogP contribution < -0.4 is 4.74 Å². The quantitative estimate of drug-likeness (QED) is 0.546. The molecule has 178 valence electrons. The summed E-state index contributed by atoms with van der Waals surface area (Å²) in [6.45, 7) is 7.93. The van der Waals surface area contributed by atoms with Gasteiger partial charge in [0.15, 0.2) is 0 Å². The molecule has 0 bridgehead atoms. The lowest BCUT2D eigenvalue weighted by Gasteiger charge is -2.45. The Labute approximate surface area is 198 Å². The number of carboxylic acids is 1. The molecule has 2 aliphatic carbocycles. The lowest BCUT2D eigenvalue weighted by molar-refractivity contribution is -0.144. The first-order chi connectivity index (χ1) is 15.8. The fourth-order valence-electron chi connectivity index (χ4n) is 6.30. The van der Waals surface area contributed by atoms with Gasteiger partial charge in [0, 0.05) is 19.6 Å². The number of aliphatic carboxylic acids is 1. The SMILES string of the molecule is CC1(C)CCC(Oc2ccc3cc(CN4CC([C@H]5CCC[C@H](C(=O)O)C5)C4)ccc3c2)CC1. The second-order valence-electron chi connectivity index (χ2n) is 11.7. The highest BCUT2D eigenvalue weighted by molar-refractivity contribution is 5.84.